The normalized spacial score (nSPS) is 17.6. The van der Waals surface area contributed by atoms with Crippen molar-refractivity contribution < 1.29 is 19.7 Å². The lowest BCUT2D eigenvalue weighted by molar-refractivity contribution is 0.102. The fraction of sp³-hybridized carbons (Fsp3) is 0.409. The largest absolute Gasteiger partial charge is 0.508 e. The molecule has 5 rings (SSSR count). The van der Waals surface area contributed by atoms with Gasteiger partial charge in [-0.05, 0) is 42.4 Å². The van der Waals surface area contributed by atoms with Crippen molar-refractivity contribution in [1.29, 1.82) is 0 Å². The summed E-state index contributed by atoms with van der Waals surface area (Å²) in [4.78, 5) is 19.5. The monoisotopic (exact) mass is 423 g/mol. The second-order valence-corrected chi connectivity index (χ2v) is 8.33. The predicted octanol–water partition coefficient (Wildman–Crippen LogP) is 1.84. The minimum Gasteiger partial charge on any atom is -0.508 e. The zero-order chi connectivity index (χ0) is 21.4. The third-order valence-electron chi connectivity index (χ3n) is 6.18. The van der Waals surface area contributed by atoms with E-state index >= 15 is 0 Å². The van der Waals surface area contributed by atoms with Crippen molar-refractivity contribution in [1.82, 2.24) is 14.6 Å². The standard InChI is InChI=1S/C22H25N5O4/c28-14-22(2-3-22)12-15-10-17(18(11-19(15)29)26-6-8-31-9-7-26)25-21(30)16-13-24-27-5-1-4-23-20(16)27/h1,4-5,10-11,13,28-29H,2-3,6-9,12,14H2,(H,25,30). The Hall–Kier alpha value is -3.17. The fourth-order valence-electron chi connectivity index (χ4n) is 4.08. The number of aromatic hydroxyl groups is 1. The molecule has 0 bridgehead atoms. The van der Waals surface area contributed by atoms with Crippen LogP contribution in [0.15, 0.2) is 36.8 Å². The van der Waals surface area contributed by atoms with Crippen LogP contribution >= 0.6 is 0 Å². The number of phenols is 1. The topological polar surface area (TPSA) is 112 Å². The minimum absolute atomic E-state index is 0.0907. The van der Waals surface area contributed by atoms with E-state index in [2.05, 4.69) is 20.3 Å². The highest BCUT2D eigenvalue weighted by Gasteiger charge is 2.42. The lowest BCUT2D eigenvalue weighted by atomic mass is 9.95. The third kappa shape index (κ3) is 3.82. The van der Waals surface area contributed by atoms with E-state index in [9.17, 15) is 15.0 Å². The van der Waals surface area contributed by atoms with Crippen molar-refractivity contribution in [3.63, 3.8) is 0 Å². The summed E-state index contributed by atoms with van der Waals surface area (Å²) < 4.78 is 7.01. The Morgan fingerprint density at radius 2 is 2.06 bits per heavy atom. The van der Waals surface area contributed by atoms with Crippen molar-refractivity contribution in [2.75, 3.05) is 43.1 Å². The van der Waals surface area contributed by atoms with Gasteiger partial charge in [-0.1, -0.05) is 0 Å². The molecule has 0 atom stereocenters. The Bertz CT molecular complexity index is 1120. The molecular formula is C22H25N5O4. The summed E-state index contributed by atoms with van der Waals surface area (Å²) in [7, 11) is 0. The first kappa shape index (κ1) is 19.8. The first-order valence-electron chi connectivity index (χ1n) is 10.5. The van der Waals surface area contributed by atoms with E-state index in [1.165, 1.54) is 6.20 Å². The molecule has 2 aliphatic rings. The van der Waals surface area contributed by atoms with E-state index in [-0.39, 0.29) is 23.7 Å². The average molecular weight is 423 g/mol. The van der Waals surface area contributed by atoms with Gasteiger partial charge in [0.15, 0.2) is 5.65 Å². The van der Waals surface area contributed by atoms with Crippen LogP contribution in [0, 0.1) is 5.41 Å². The molecule has 3 heterocycles. The summed E-state index contributed by atoms with van der Waals surface area (Å²) in [5.74, 6) is -0.139. The van der Waals surface area contributed by atoms with Crippen LogP contribution in [0.2, 0.25) is 0 Å². The summed E-state index contributed by atoms with van der Waals surface area (Å²) in [6.07, 6.45) is 7.29. The molecule has 1 aliphatic heterocycles. The van der Waals surface area contributed by atoms with Gasteiger partial charge >= 0.3 is 0 Å². The number of hydrogen-bond donors (Lipinski definition) is 3. The van der Waals surface area contributed by atoms with Gasteiger partial charge in [-0.2, -0.15) is 5.10 Å². The maximum atomic E-state index is 13.1. The Kier molecular flexibility index (Phi) is 4.99. The van der Waals surface area contributed by atoms with Crippen LogP contribution < -0.4 is 10.2 Å². The highest BCUT2D eigenvalue weighted by atomic mass is 16.5. The molecule has 1 saturated heterocycles. The van der Waals surface area contributed by atoms with Crippen LogP contribution in [0.5, 0.6) is 5.75 Å². The molecule has 3 aromatic rings. The van der Waals surface area contributed by atoms with Gasteiger partial charge in [-0.15, -0.1) is 0 Å². The van der Waals surface area contributed by atoms with E-state index in [1.54, 1.807) is 29.0 Å². The number of hydrogen-bond acceptors (Lipinski definition) is 7. The van der Waals surface area contributed by atoms with Crippen LogP contribution in [0.3, 0.4) is 0 Å². The number of benzene rings is 1. The maximum absolute atomic E-state index is 13.1. The highest BCUT2D eigenvalue weighted by molar-refractivity contribution is 6.09. The molecule has 1 saturated carbocycles. The minimum atomic E-state index is -0.317. The number of nitrogens with one attached hydrogen (secondary N) is 1. The number of nitrogens with zero attached hydrogens (tertiary/aromatic N) is 4. The molecule has 2 aromatic heterocycles. The number of amides is 1. The number of anilines is 2. The SMILES string of the molecule is O=C(Nc1cc(CC2(CO)CC2)c(O)cc1N1CCOCC1)c1cnn2cccnc12. The molecule has 0 spiro atoms. The van der Waals surface area contributed by atoms with Crippen molar-refractivity contribution in [2.24, 2.45) is 5.41 Å². The van der Waals surface area contributed by atoms with Crippen LogP contribution in [-0.4, -0.2) is 63.6 Å². The number of carbonyl (C=O) groups excluding carboxylic acids is 1. The number of morpholine rings is 1. The van der Waals surface area contributed by atoms with Gasteiger partial charge in [0.2, 0.25) is 0 Å². The molecule has 1 amide bonds. The molecule has 0 radical (unpaired) electrons. The van der Waals surface area contributed by atoms with Gasteiger partial charge in [0.05, 0.1) is 30.8 Å². The zero-order valence-electron chi connectivity index (χ0n) is 17.1. The lowest BCUT2D eigenvalue weighted by Crippen LogP contribution is -2.36. The van der Waals surface area contributed by atoms with Crippen molar-refractivity contribution in [3.8, 4) is 5.75 Å². The molecule has 9 heteroatoms. The molecule has 1 aliphatic carbocycles. The van der Waals surface area contributed by atoms with E-state index in [4.69, 9.17) is 4.74 Å². The van der Waals surface area contributed by atoms with E-state index in [1.807, 2.05) is 6.07 Å². The van der Waals surface area contributed by atoms with E-state index < -0.39 is 0 Å². The summed E-state index contributed by atoms with van der Waals surface area (Å²) in [5, 5.41) is 27.6. The number of aliphatic hydroxyl groups excluding tert-OH is 1. The molecule has 162 valence electrons. The molecule has 31 heavy (non-hydrogen) atoms. The maximum Gasteiger partial charge on any atom is 0.261 e. The summed E-state index contributed by atoms with van der Waals surface area (Å²) in [6.45, 7) is 2.59. The first-order chi connectivity index (χ1) is 15.1. The summed E-state index contributed by atoms with van der Waals surface area (Å²) in [5.41, 5.74) is 2.77. The van der Waals surface area contributed by atoms with Crippen molar-refractivity contribution >= 4 is 22.9 Å². The summed E-state index contributed by atoms with van der Waals surface area (Å²) in [6, 6.07) is 5.28. The van der Waals surface area contributed by atoms with Crippen molar-refractivity contribution in [2.45, 2.75) is 19.3 Å². The molecule has 2 fully saturated rings. The average Bonchev–Trinajstić information content (AvgIpc) is 3.44. The number of phenolic OH excluding ortho intramolecular Hbond substituents is 1. The van der Waals surface area contributed by atoms with Gasteiger partial charge in [-0.25, -0.2) is 9.50 Å². The van der Waals surface area contributed by atoms with Crippen LogP contribution in [0.4, 0.5) is 11.4 Å². The number of carbonyl (C=O) groups is 1. The molecule has 9 nitrogen and oxygen atoms in total. The zero-order valence-corrected chi connectivity index (χ0v) is 17.1. The van der Waals surface area contributed by atoms with Gasteiger partial charge in [0.25, 0.3) is 5.91 Å². The Balaban J connectivity index is 1.50. The number of fused-ring (bicyclic) bond motifs is 1. The smallest absolute Gasteiger partial charge is 0.261 e. The van der Waals surface area contributed by atoms with Crippen LogP contribution in [0.25, 0.3) is 5.65 Å². The lowest BCUT2D eigenvalue weighted by Gasteiger charge is -2.31. The van der Waals surface area contributed by atoms with Gasteiger partial charge in [0.1, 0.15) is 11.3 Å². The molecular weight excluding hydrogens is 398 g/mol. The predicted molar refractivity (Wildman–Crippen MR) is 115 cm³/mol. The highest BCUT2D eigenvalue weighted by Crippen LogP contribution is 2.49. The van der Waals surface area contributed by atoms with Gasteiger partial charge < -0.3 is 25.2 Å². The fourth-order valence-corrected chi connectivity index (χ4v) is 4.08. The summed E-state index contributed by atoms with van der Waals surface area (Å²) >= 11 is 0. The second kappa shape index (κ2) is 7.82. The number of aromatic nitrogens is 3. The van der Waals surface area contributed by atoms with Crippen LogP contribution in [0.1, 0.15) is 28.8 Å². The Morgan fingerprint density at radius 1 is 1.26 bits per heavy atom. The van der Waals surface area contributed by atoms with Gasteiger partial charge in [-0.3, -0.25) is 4.79 Å². The number of ether oxygens (including phenoxy) is 1. The van der Waals surface area contributed by atoms with Gasteiger partial charge in [0, 0.05) is 38.2 Å². The van der Waals surface area contributed by atoms with Crippen molar-refractivity contribution in [3.05, 3.63) is 47.9 Å². The van der Waals surface area contributed by atoms with E-state index in [0.717, 1.165) is 24.1 Å². The van der Waals surface area contributed by atoms with Crippen LogP contribution in [-0.2, 0) is 11.2 Å². The Morgan fingerprint density at radius 3 is 2.81 bits per heavy atom. The molecule has 1 aromatic carbocycles. The third-order valence-corrected chi connectivity index (χ3v) is 6.18. The molecule has 0 unspecified atom stereocenters. The quantitative estimate of drug-likeness (QED) is 0.519. The number of rotatable bonds is 6. The number of aliphatic hydroxyl groups is 1. The second-order valence-electron chi connectivity index (χ2n) is 8.33. The molecule has 3 N–H and O–H groups in total. The Labute approximate surface area is 179 Å². The van der Waals surface area contributed by atoms with E-state index in [0.29, 0.717) is 49.6 Å². The first-order valence-corrected chi connectivity index (χ1v) is 10.5.